The molecule has 0 heterocycles. The SMILES string of the molecule is COC(=O)C(C)NC(=O)c1cc(Br)ccc1Br. The van der Waals surface area contributed by atoms with Crippen molar-refractivity contribution in [2.75, 3.05) is 7.11 Å². The average Bonchev–Trinajstić information content (AvgIpc) is 2.30. The van der Waals surface area contributed by atoms with E-state index in [0.717, 1.165) is 4.47 Å². The van der Waals surface area contributed by atoms with E-state index >= 15 is 0 Å². The molecule has 0 fully saturated rings. The predicted octanol–water partition coefficient (Wildman–Crippen LogP) is 2.50. The van der Waals surface area contributed by atoms with Gasteiger partial charge in [0.05, 0.1) is 12.7 Å². The third-order valence-electron chi connectivity index (χ3n) is 2.08. The van der Waals surface area contributed by atoms with E-state index in [1.165, 1.54) is 7.11 Å². The van der Waals surface area contributed by atoms with E-state index in [1.807, 2.05) is 6.07 Å². The standard InChI is InChI=1S/C11H11Br2NO3/c1-6(11(16)17-2)14-10(15)8-5-7(12)3-4-9(8)13/h3-6H,1-2H3,(H,14,15). The van der Waals surface area contributed by atoms with Gasteiger partial charge in [0, 0.05) is 8.95 Å². The molecule has 1 N–H and O–H groups in total. The molecule has 17 heavy (non-hydrogen) atoms. The van der Waals surface area contributed by atoms with E-state index in [9.17, 15) is 9.59 Å². The molecule has 0 aliphatic heterocycles. The van der Waals surface area contributed by atoms with Crippen LogP contribution in [0.4, 0.5) is 0 Å². The Labute approximate surface area is 116 Å². The lowest BCUT2D eigenvalue weighted by Crippen LogP contribution is -2.39. The number of rotatable bonds is 3. The molecule has 0 bridgehead atoms. The Hall–Kier alpha value is -0.880. The lowest BCUT2D eigenvalue weighted by Gasteiger charge is -2.12. The average molecular weight is 365 g/mol. The molecule has 0 spiro atoms. The van der Waals surface area contributed by atoms with Crippen molar-refractivity contribution in [3.8, 4) is 0 Å². The third kappa shape index (κ3) is 3.81. The number of amides is 1. The van der Waals surface area contributed by atoms with Gasteiger partial charge in [-0.25, -0.2) is 4.79 Å². The Morgan fingerprint density at radius 2 is 2.00 bits per heavy atom. The van der Waals surface area contributed by atoms with Crippen molar-refractivity contribution < 1.29 is 14.3 Å². The number of ether oxygens (including phenoxy) is 1. The molecule has 1 rings (SSSR count). The minimum Gasteiger partial charge on any atom is -0.467 e. The number of methoxy groups -OCH3 is 1. The maximum Gasteiger partial charge on any atom is 0.328 e. The highest BCUT2D eigenvalue weighted by molar-refractivity contribution is 9.11. The van der Waals surface area contributed by atoms with Crippen molar-refractivity contribution >= 4 is 43.7 Å². The number of carbonyl (C=O) groups excluding carboxylic acids is 2. The normalized spacial score (nSPS) is 11.8. The predicted molar refractivity (Wildman–Crippen MR) is 70.8 cm³/mol. The molecule has 1 aromatic rings. The van der Waals surface area contributed by atoms with Gasteiger partial charge in [0.15, 0.2) is 0 Å². The van der Waals surface area contributed by atoms with Crippen molar-refractivity contribution in [3.63, 3.8) is 0 Å². The number of hydrogen-bond acceptors (Lipinski definition) is 3. The molecule has 1 aromatic carbocycles. The fourth-order valence-electron chi connectivity index (χ4n) is 1.18. The van der Waals surface area contributed by atoms with Crippen LogP contribution in [-0.4, -0.2) is 25.0 Å². The first-order valence-corrected chi connectivity index (χ1v) is 6.38. The first kappa shape index (κ1) is 14.2. The van der Waals surface area contributed by atoms with Crippen molar-refractivity contribution in [3.05, 3.63) is 32.7 Å². The summed E-state index contributed by atoms with van der Waals surface area (Å²) >= 11 is 6.56. The van der Waals surface area contributed by atoms with Crippen LogP contribution in [-0.2, 0) is 9.53 Å². The van der Waals surface area contributed by atoms with Crippen LogP contribution in [0.15, 0.2) is 27.1 Å². The monoisotopic (exact) mass is 363 g/mol. The Balaban J connectivity index is 2.83. The van der Waals surface area contributed by atoms with Crippen LogP contribution in [0.25, 0.3) is 0 Å². The van der Waals surface area contributed by atoms with Gasteiger partial charge in [0.1, 0.15) is 6.04 Å². The van der Waals surface area contributed by atoms with E-state index < -0.39 is 12.0 Å². The third-order valence-corrected chi connectivity index (χ3v) is 3.26. The van der Waals surface area contributed by atoms with Crippen LogP contribution in [0.5, 0.6) is 0 Å². The molecule has 92 valence electrons. The van der Waals surface area contributed by atoms with Crippen LogP contribution in [0, 0.1) is 0 Å². The molecule has 6 heteroatoms. The summed E-state index contributed by atoms with van der Waals surface area (Å²) < 4.78 is 5.98. The van der Waals surface area contributed by atoms with Crippen molar-refractivity contribution in [1.82, 2.24) is 5.32 Å². The minimum atomic E-state index is -0.682. The molecule has 0 radical (unpaired) electrons. The van der Waals surface area contributed by atoms with Crippen molar-refractivity contribution in [2.45, 2.75) is 13.0 Å². The summed E-state index contributed by atoms with van der Waals surface area (Å²) in [4.78, 5) is 23.1. The number of hydrogen-bond donors (Lipinski definition) is 1. The van der Waals surface area contributed by atoms with Gasteiger partial charge in [-0.15, -0.1) is 0 Å². The Morgan fingerprint density at radius 3 is 2.59 bits per heavy atom. The zero-order chi connectivity index (χ0) is 13.0. The first-order valence-electron chi connectivity index (χ1n) is 4.79. The van der Waals surface area contributed by atoms with Crippen LogP contribution in [0.3, 0.4) is 0 Å². The summed E-state index contributed by atoms with van der Waals surface area (Å²) in [5, 5.41) is 2.55. The van der Waals surface area contributed by atoms with Gasteiger partial charge in [-0.3, -0.25) is 4.79 Å². The van der Waals surface area contributed by atoms with E-state index in [4.69, 9.17) is 0 Å². The highest BCUT2D eigenvalue weighted by Crippen LogP contribution is 2.21. The zero-order valence-electron chi connectivity index (χ0n) is 9.29. The number of benzene rings is 1. The maximum atomic E-state index is 11.9. The number of esters is 1. The molecule has 0 aliphatic rings. The number of nitrogens with one attached hydrogen (secondary N) is 1. The van der Waals surface area contributed by atoms with Crippen molar-refractivity contribution in [2.24, 2.45) is 0 Å². The summed E-state index contributed by atoms with van der Waals surface area (Å²) in [6.45, 7) is 1.57. The highest BCUT2D eigenvalue weighted by atomic mass is 79.9. The Kier molecular flexibility index (Phi) is 5.14. The van der Waals surface area contributed by atoms with Gasteiger partial charge in [-0.2, -0.15) is 0 Å². The molecule has 0 saturated carbocycles. The van der Waals surface area contributed by atoms with E-state index in [0.29, 0.717) is 10.0 Å². The number of carbonyl (C=O) groups is 2. The molecule has 1 unspecified atom stereocenters. The smallest absolute Gasteiger partial charge is 0.328 e. The second kappa shape index (κ2) is 6.16. The fourth-order valence-corrected chi connectivity index (χ4v) is 1.97. The molecule has 4 nitrogen and oxygen atoms in total. The van der Waals surface area contributed by atoms with Crippen molar-refractivity contribution in [1.29, 1.82) is 0 Å². The van der Waals surface area contributed by atoms with Crippen LogP contribution >= 0.6 is 31.9 Å². The molecular weight excluding hydrogens is 354 g/mol. The van der Waals surface area contributed by atoms with Gasteiger partial charge in [0.25, 0.3) is 5.91 Å². The molecule has 1 atom stereocenters. The van der Waals surface area contributed by atoms with Crippen LogP contribution in [0.2, 0.25) is 0 Å². The van der Waals surface area contributed by atoms with Gasteiger partial charge in [0.2, 0.25) is 0 Å². The number of halogens is 2. The molecule has 0 aromatic heterocycles. The molecule has 0 saturated heterocycles. The topological polar surface area (TPSA) is 55.4 Å². The lowest BCUT2D eigenvalue weighted by atomic mass is 10.2. The van der Waals surface area contributed by atoms with Gasteiger partial charge in [-0.05, 0) is 41.1 Å². The second-order valence-corrected chi connectivity index (χ2v) is 5.11. The second-order valence-electron chi connectivity index (χ2n) is 3.34. The molecule has 0 aliphatic carbocycles. The van der Waals surface area contributed by atoms with Gasteiger partial charge < -0.3 is 10.1 Å². The maximum absolute atomic E-state index is 11.9. The Morgan fingerprint density at radius 1 is 1.35 bits per heavy atom. The molecular formula is C11H11Br2NO3. The molecule has 1 amide bonds. The first-order chi connectivity index (χ1) is 7.95. The summed E-state index contributed by atoms with van der Waals surface area (Å²) in [6, 6.07) is 4.55. The zero-order valence-corrected chi connectivity index (χ0v) is 12.5. The van der Waals surface area contributed by atoms with E-state index in [1.54, 1.807) is 19.1 Å². The Bertz CT molecular complexity index is 448. The summed E-state index contributed by atoms with van der Waals surface area (Å²) in [6.07, 6.45) is 0. The largest absolute Gasteiger partial charge is 0.467 e. The fraction of sp³-hybridized carbons (Fsp3) is 0.273. The summed E-state index contributed by atoms with van der Waals surface area (Å²) in [5.41, 5.74) is 0.454. The summed E-state index contributed by atoms with van der Waals surface area (Å²) in [7, 11) is 1.28. The minimum absolute atomic E-state index is 0.337. The van der Waals surface area contributed by atoms with Gasteiger partial charge in [-0.1, -0.05) is 15.9 Å². The lowest BCUT2D eigenvalue weighted by molar-refractivity contribution is -0.142. The summed E-state index contributed by atoms with van der Waals surface area (Å²) in [5.74, 6) is -0.819. The van der Waals surface area contributed by atoms with E-state index in [2.05, 4.69) is 41.9 Å². The highest BCUT2D eigenvalue weighted by Gasteiger charge is 2.18. The van der Waals surface area contributed by atoms with Gasteiger partial charge >= 0.3 is 5.97 Å². The van der Waals surface area contributed by atoms with E-state index in [-0.39, 0.29) is 5.91 Å². The quantitative estimate of drug-likeness (QED) is 0.838. The van der Waals surface area contributed by atoms with Crippen LogP contribution < -0.4 is 5.32 Å². The van der Waals surface area contributed by atoms with Crippen LogP contribution in [0.1, 0.15) is 17.3 Å².